The van der Waals surface area contributed by atoms with Crippen LogP contribution in [0.3, 0.4) is 0 Å². The number of nitrogens with two attached hydrogens (primary N) is 1. The lowest BCUT2D eigenvalue weighted by molar-refractivity contribution is 0.0702. The number of esters is 1. The van der Waals surface area contributed by atoms with E-state index < -0.39 is 11.9 Å². The number of carbonyl (C=O) groups excluding carboxylic acids is 1. The van der Waals surface area contributed by atoms with Crippen molar-refractivity contribution < 1.29 is 23.4 Å². The number of rotatable bonds is 5. The predicted octanol–water partition coefficient (Wildman–Crippen LogP) is 5.75. The third-order valence-electron chi connectivity index (χ3n) is 6.44. The average Bonchev–Trinajstić information content (AvgIpc) is 3.23. The van der Waals surface area contributed by atoms with E-state index in [2.05, 4.69) is 13.0 Å². The van der Waals surface area contributed by atoms with Crippen molar-refractivity contribution in [3.05, 3.63) is 100 Å². The predicted molar refractivity (Wildman–Crippen MR) is 134 cm³/mol. The van der Waals surface area contributed by atoms with Crippen LogP contribution in [0.1, 0.15) is 45.7 Å². The number of allylic oxidation sites excluding steroid dienone is 1. The lowest BCUT2D eigenvalue weighted by Gasteiger charge is -2.26. The van der Waals surface area contributed by atoms with E-state index in [1.165, 1.54) is 0 Å². The maximum atomic E-state index is 13.0. The van der Waals surface area contributed by atoms with Crippen molar-refractivity contribution in [3.8, 4) is 23.3 Å². The van der Waals surface area contributed by atoms with Crippen LogP contribution in [0.5, 0.6) is 17.2 Å². The molecule has 0 radical (unpaired) electrons. The van der Waals surface area contributed by atoms with Gasteiger partial charge in [0.1, 0.15) is 34.5 Å². The molecule has 180 valence electrons. The Morgan fingerprint density at radius 3 is 2.53 bits per heavy atom. The summed E-state index contributed by atoms with van der Waals surface area (Å²) in [5, 5.41) is 10.7. The molecule has 1 aromatic heterocycles. The Kier molecular flexibility index (Phi) is 5.87. The summed E-state index contributed by atoms with van der Waals surface area (Å²) in [7, 11) is 1.59. The molecule has 0 fully saturated rings. The highest BCUT2D eigenvalue weighted by Crippen LogP contribution is 2.43. The second-order valence-electron chi connectivity index (χ2n) is 8.53. The fourth-order valence-electron chi connectivity index (χ4n) is 4.47. The first-order valence-electron chi connectivity index (χ1n) is 11.5. The highest BCUT2D eigenvalue weighted by Gasteiger charge is 2.31. The first kappa shape index (κ1) is 23.1. The van der Waals surface area contributed by atoms with E-state index in [0.717, 1.165) is 34.1 Å². The van der Waals surface area contributed by atoms with Crippen molar-refractivity contribution >= 4 is 16.9 Å². The molecule has 3 aromatic carbocycles. The van der Waals surface area contributed by atoms with Crippen LogP contribution in [0, 0.1) is 18.3 Å². The minimum absolute atomic E-state index is 0.00847. The first-order chi connectivity index (χ1) is 17.4. The Morgan fingerprint density at radius 1 is 1.08 bits per heavy atom. The maximum absolute atomic E-state index is 13.0. The van der Waals surface area contributed by atoms with Crippen molar-refractivity contribution in [1.82, 2.24) is 0 Å². The molecule has 0 aliphatic carbocycles. The van der Waals surface area contributed by atoms with Gasteiger partial charge in [-0.2, -0.15) is 5.26 Å². The number of ether oxygens (including phenoxy) is 3. The fourth-order valence-corrected chi connectivity index (χ4v) is 4.47. The molecule has 0 saturated carbocycles. The summed E-state index contributed by atoms with van der Waals surface area (Å²) in [5.74, 6) is 0.509. The molecule has 1 unspecified atom stereocenters. The van der Waals surface area contributed by atoms with E-state index in [0.29, 0.717) is 22.7 Å². The SMILES string of the molecule is CCc1ccc2oc(C(=O)Oc3ccc4c(c3)OC(N)=C(C#N)C4c3ccc(OC)cc3)c(C)c2c1. The van der Waals surface area contributed by atoms with Gasteiger partial charge in [0, 0.05) is 22.6 Å². The molecule has 2 N–H and O–H groups in total. The summed E-state index contributed by atoms with van der Waals surface area (Å²) >= 11 is 0. The Labute approximate surface area is 208 Å². The highest BCUT2D eigenvalue weighted by atomic mass is 16.5. The molecule has 4 aromatic rings. The van der Waals surface area contributed by atoms with Crippen molar-refractivity contribution in [3.63, 3.8) is 0 Å². The summed E-state index contributed by atoms with van der Waals surface area (Å²) in [6.07, 6.45) is 0.887. The largest absolute Gasteiger partial charge is 0.497 e. The number of fused-ring (bicyclic) bond motifs is 2. The van der Waals surface area contributed by atoms with Gasteiger partial charge >= 0.3 is 5.97 Å². The van der Waals surface area contributed by atoms with Crippen LogP contribution < -0.4 is 19.9 Å². The van der Waals surface area contributed by atoms with Crippen LogP contribution >= 0.6 is 0 Å². The van der Waals surface area contributed by atoms with Gasteiger partial charge in [-0.05, 0) is 54.8 Å². The Hall–Kier alpha value is -4.70. The quantitative estimate of drug-likeness (QED) is 0.286. The summed E-state index contributed by atoms with van der Waals surface area (Å²) < 4.78 is 22.4. The molecule has 2 heterocycles. The summed E-state index contributed by atoms with van der Waals surface area (Å²) in [5.41, 5.74) is 10.5. The van der Waals surface area contributed by atoms with Crippen molar-refractivity contribution in [2.24, 2.45) is 5.73 Å². The minimum Gasteiger partial charge on any atom is -0.497 e. The van der Waals surface area contributed by atoms with Gasteiger partial charge in [0.15, 0.2) is 0 Å². The van der Waals surface area contributed by atoms with Crippen LogP contribution in [-0.4, -0.2) is 13.1 Å². The molecule has 7 heteroatoms. The fraction of sp³-hybridized carbons (Fsp3) is 0.172. The van der Waals surface area contributed by atoms with Crippen LogP contribution in [0.25, 0.3) is 11.0 Å². The van der Waals surface area contributed by atoms with Gasteiger partial charge < -0.3 is 24.4 Å². The van der Waals surface area contributed by atoms with Gasteiger partial charge in [-0.15, -0.1) is 0 Å². The van der Waals surface area contributed by atoms with Gasteiger partial charge in [-0.3, -0.25) is 0 Å². The second-order valence-corrected chi connectivity index (χ2v) is 8.53. The molecule has 5 rings (SSSR count). The number of furan rings is 1. The zero-order valence-corrected chi connectivity index (χ0v) is 20.1. The molecular weight excluding hydrogens is 456 g/mol. The number of hydrogen-bond acceptors (Lipinski definition) is 7. The Bertz CT molecular complexity index is 1560. The van der Waals surface area contributed by atoms with Crippen LogP contribution in [0.4, 0.5) is 0 Å². The molecule has 1 aliphatic heterocycles. The molecular formula is C29H24N2O5. The second kappa shape index (κ2) is 9.16. The molecule has 36 heavy (non-hydrogen) atoms. The van der Waals surface area contributed by atoms with Crippen LogP contribution in [0.15, 0.2) is 76.5 Å². The maximum Gasteiger partial charge on any atom is 0.379 e. The van der Waals surface area contributed by atoms with E-state index in [4.69, 9.17) is 24.4 Å². The number of nitriles is 1. The number of methoxy groups -OCH3 is 1. The third kappa shape index (κ3) is 3.93. The minimum atomic E-state index is -0.606. The summed E-state index contributed by atoms with van der Waals surface area (Å²) in [6, 6.07) is 20.5. The Morgan fingerprint density at radius 2 is 1.83 bits per heavy atom. The zero-order valence-electron chi connectivity index (χ0n) is 20.1. The van der Waals surface area contributed by atoms with Gasteiger partial charge in [-0.1, -0.05) is 31.2 Å². The van der Waals surface area contributed by atoms with E-state index in [9.17, 15) is 10.1 Å². The van der Waals surface area contributed by atoms with E-state index in [1.54, 1.807) is 25.3 Å². The van der Waals surface area contributed by atoms with Crippen LogP contribution in [-0.2, 0) is 6.42 Å². The lowest BCUT2D eigenvalue weighted by atomic mass is 9.83. The molecule has 0 amide bonds. The monoisotopic (exact) mass is 480 g/mol. The first-order valence-corrected chi connectivity index (χ1v) is 11.5. The molecule has 1 atom stereocenters. The van der Waals surface area contributed by atoms with E-state index >= 15 is 0 Å². The van der Waals surface area contributed by atoms with Crippen LogP contribution in [0.2, 0.25) is 0 Å². The van der Waals surface area contributed by atoms with Crippen molar-refractivity contribution in [2.75, 3.05) is 7.11 Å². The van der Waals surface area contributed by atoms with Gasteiger partial charge in [0.05, 0.1) is 13.0 Å². The number of carbonyl (C=O) groups is 1. The normalized spacial score (nSPS) is 14.7. The standard InChI is InChI=1S/C29H24N2O5/c1-4-17-5-12-24-22(13-17)16(2)27(35-24)29(32)34-20-10-11-21-25(14-20)36-28(31)23(15-30)26(21)18-6-8-19(33-3)9-7-18/h5-14,26H,4,31H2,1-3H3. The highest BCUT2D eigenvalue weighted by molar-refractivity contribution is 5.97. The lowest BCUT2D eigenvalue weighted by Crippen LogP contribution is -2.21. The third-order valence-corrected chi connectivity index (χ3v) is 6.44. The number of nitrogens with zero attached hydrogens (tertiary/aromatic N) is 1. The molecule has 1 aliphatic rings. The smallest absolute Gasteiger partial charge is 0.379 e. The molecule has 0 saturated heterocycles. The summed E-state index contributed by atoms with van der Waals surface area (Å²) in [4.78, 5) is 13.0. The average molecular weight is 481 g/mol. The van der Waals surface area contributed by atoms with Gasteiger partial charge in [0.2, 0.25) is 11.6 Å². The van der Waals surface area contributed by atoms with E-state index in [1.807, 2.05) is 49.4 Å². The van der Waals surface area contributed by atoms with Crippen molar-refractivity contribution in [2.45, 2.75) is 26.2 Å². The number of aryl methyl sites for hydroxylation is 2. The molecule has 7 nitrogen and oxygen atoms in total. The van der Waals surface area contributed by atoms with Crippen molar-refractivity contribution in [1.29, 1.82) is 5.26 Å². The number of benzene rings is 3. The topological polar surface area (TPSA) is 108 Å². The zero-order chi connectivity index (χ0) is 25.4. The molecule has 0 spiro atoms. The van der Waals surface area contributed by atoms with Gasteiger partial charge in [-0.25, -0.2) is 4.79 Å². The Balaban J connectivity index is 1.47. The number of hydrogen-bond donors (Lipinski definition) is 1. The molecule has 0 bridgehead atoms. The van der Waals surface area contributed by atoms with E-state index in [-0.39, 0.29) is 17.4 Å². The summed E-state index contributed by atoms with van der Waals surface area (Å²) in [6.45, 7) is 3.91. The van der Waals surface area contributed by atoms with Gasteiger partial charge in [0.25, 0.3) is 0 Å².